The first-order chi connectivity index (χ1) is 11.8. The Morgan fingerprint density at radius 2 is 1.48 bits per heavy atom. The lowest BCUT2D eigenvalue weighted by molar-refractivity contribution is 1.13. The van der Waals surface area contributed by atoms with E-state index in [-0.39, 0.29) is 0 Å². The molecule has 0 aliphatic rings. The molecule has 0 saturated heterocycles. The van der Waals surface area contributed by atoms with Crippen molar-refractivity contribution in [1.29, 1.82) is 0 Å². The molecule has 2 rings (SSSR count). The zero-order chi connectivity index (χ0) is 18.6. The summed E-state index contributed by atoms with van der Waals surface area (Å²) in [6, 6.07) is 15.2. The van der Waals surface area contributed by atoms with Crippen LogP contribution >= 0.6 is 0 Å². The number of benzene rings is 2. The van der Waals surface area contributed by atoms with Crippen molar-refractivity contribution in [2.24, 2.45) is 0 Å². The third-order valence-corrected chi connectivity index (χ3v) is 4.35. The molecule has 0 nitrogen and oxygen atoms in total. The highest BCUT2D eigenvalue weighted by Crippen LogP contribution is 2.27. The lowest BCUT2D eigenvalue weighted by Gasteiger charge is -2.11. The van der Waals surface area contributed by atoms with E-state index in [9.17, 15) is 0 Å². The monoisotopic (exact) mass is 328 g/mol. The molecule has 0 N–H and O–H groups in total. The first-order valence-electron chi connectivity index (χ1n) is 8.65. The quantitative estimate of drug-likeness (QED) is 0.378. The van der Waals surface area contributed by atoms with E-state index in [0.29, 0.717) is 0 Å². The third-order valence-electron chi connectivity index (χ3n) is 4.35. The minimum atomic E-state index is 0.874. The molecule has 2 aromatic rings. The van der Waals surface area contributed by atoms with Gasteiger partial charge in [-0.2, -0.15) is 0 Å². The zero-order valence-corrected chi connectivity index (χ0v) is 15.9. The van der Waals surface area contributed by atoms with Crippen LogP contribution in [0.1, 0.15) is 43.9 Å². The van der Waals surface area contributed by atoms with Gasteiger partial charge in [-0.15, -0.1) is 0 Å². The molecule has 0 aromatic heterocycles. The second kappa shape index (κ2) is 7.98. The van der Waals surface area contributed by atoms with Crippen molar-refractivity contribution >= 4 is 11.6 Å². The van der Waals surface area contributed by atoms with E-state index < -0.39 is 0 Å². The normalized spacial score (nSPS) is 11.3. The summed E-state index contributed by atoms with van der Waals surface area (Å²) in [5, 5.41) is 0. The molecule has 25 heavy (non-hydrogen) atoms. The SMILES string of the molecule is C=C(C)C/C(=C\c1ccc(-c2ccc(C(=C)C)cc2)cc1C)C(=C)C. The molecule has 0 amide bonds. The molecule has 0 heteroatoms. The molecule has 0 fully saturated rings. The van der Waals surface area contributed by atoms with Crippen LogP contribution in [-0.2, 0) is 0 Å². The maximum absolute atomic E-state index is 4.11. The lowest BCUT2D eigenvalue weighted by atomic mass is 9.94. The summed E-state index contributed by atoms with van der Waals surface area (Å²) in [5.41, 5.74) is 10.7. The van der Waals surface area contributed by atoms with E-state index in [2.05, 4.69) is 89.0 Å². The van der Waals surface area contributed by atoms with Gasteiger partial charge in [-0.25, -0.2) is 0 Å². The third kappa shape index (κ3) is 4.93. The van der Waals surface area contributed by atoms with Crippen molar-refractivity contribution in [1.82, 2.24) is 0 Å². The number of hydrogen-bond donors (Lipinski definition) is 0. The predicted molar refractivity (Wildman–Crippen MR) is 114 cm³/mol. The first kappa shape index (κ1) is 18.7. The maximum atomic E-state index is 4.11. The molecule has 128 valence electrons. The average Bonchev–Trinajstić information content (AvgIpc) is 2.55. The van der Waals surface area contributed by atoms with Crippen LogP contribution in [0, 0.1) is 6.92 Å². The molecule has 0 heterocycles. The molecule has 0 bridgehead atoms. The molecular formula is C25H28. The Kier molecular flexibility index (Phi) is 5.98. The zero-order valence-electron chi connectivity index (χ0n) is 15.9. The number of hydrogen-bond acceptors (Lipinski definition) is 0. The minimum Gasteiger partial charge on any atom is -0.0998 e. The fourth-order valence-corrected chi connectivity index (χ4v) is 2.80. The van der Waals surface area contributed by atoms with Gasteiger partial charge >= 0.3 is 0 Å². The van der Waals surface area contributed by atoms with Gasteiger partial charge in [0.1, 0.15) is 0 Å². The van der Waals surface area contributed by atoms with Crippen molar-refractivity contribution in [3.63, 3.8) is 0 Å². The molecule has 0 radical (unpaired) electrons. The van der Waals surface area contributed by atoms with Crippen molar-refractivity contribution in [3.05, 3.63) is 95.6 Å². The molecule has 0 aliphatic heterocycles. The van der Waals surface area contributed by atoms with E-state index in [1.165, 1.54) is 33.4 Å². The van der Waals surface area contributed by atoms with Gasteiger partial charge in [0.25, 0.3) is 0 Å². The number of aryl methyl sites for hydroxylation is 1. The Hall–Kier alpha value is -2.60. The number of rotatable bonds is 6. The summed E-state index contributed by atoms with van der Waals surface area (Å²) in [7, 11) is 0. The van der Waals surface area contributed by atoms with E-state index >= 15 is 0 Å². The van der Waals surface area contributed by atoms with Crippen LogP contribution in [0.4, 0.5) is 0 Å². The standard InChI is InChI=1S/C25H28/c1-17(2)14-25(19(5)6)16-23-12-13-24(15-20(23)7)22-10-8-21(9-11-22)18(3)4/h8-13,15-16H,1,3,5,14H2,2,4,6-7H3/b25-16+. The van der Waals surface area contributed by atoms with Gasteiger partial charge < -0.3 is 0 Å². The van der Waals surface area contributed by atoms with Gasteiger partial charge in [-0.05, 0) is 67.5 Å². The summed E-state index contributed by atoms with van der Waals surface area (Å²) in [5.74, 6) is 0. The van der Waals surface area contributed by atoms with Crippen LogP contribution in [0.2, 0.25) is 0 Å². The Labute approximate surface area is 152 Å². The summed E-state index contributed by atoms with van der Waals surface area (Å²) in [6.45, 7) is 20.4. The fourth-order valence-electron chi connectivity index (χ4n) is 2.80. The molecule has 0 atom stereocenters. The van der Waals surface area contributed by atoms with Crippen LogP contribution in [0.15, 0.2) is 78.9 Å². The summed E-state index contributed by atoms with van der Waals surface area (Å²) in [6.07, 6.45) is 3.11. The predicted octanol–water partition coefficient (Wildman–Crippen LogP) is 7.62. The lowest BCUT2D eigenvalue weighted by Crippen LogP contribution is -1.90. The highest BCUT2D eigenvalue weighted by Gasteiger charge is 2.05. The Balaban J connectivity index is 2.35. The fraction of sp³-hybridized carbons (Fsp3) is 0.200. The highest BCUT2D eigenvalue weighted by atomic mass is 14.1. The Morgan fingerprint density at radius 1 is 0.880 bits per heavy atom. The summed E-state index contributed by atoms with van der Waals surface area (Å²) < 4.78 is 0. The van der Waals surface area contributed by atoms with E-state index in [1.54, 1.807) is 0 Å². The summed E-state index contributed by atoms with van der Waals surface area (Å²) >= 11 is 0. The van der Waals surface area contributed by atoms with Crippen molar-refractivity contribution < 1.29 is 0 Å². The minimum absolute atomic E-state index is 0.874. The maximum Gasteiger partial charge on any atom is -0.00699 e. The van der Waals surface area contributed by atoms with Gasteiger partial charge in [0, 0.05) is 0 Å². The first-order valence-corrected chi connectivity index (χ1v) is 8.65. The molecule has 0 spiro atoms. The van der Waals surface area contributed by atoms with Crippen LogP contribution in [0.3, 0.4) is 0 Å². The van der Waals surface area contributed by atoms with E-state index in [1.807, 2.05) is 6.92 Å². The Morgan fingerprint density at radius 3 is 1.96 bits per heavy atom. The molecule has 0 unspecified atom stereocenters. The second-order valence-corrected chi connectivity index (χ2v) is 7.01. The van der Waals surface area contributed by atoms with E-state index in [4.69, 9.17) is 0 Å². The van der Waals surface area contributed by atoms with Gasteiger partial charge in [0.2, 0.25) is 0 Å². The van der Waals surface area contributed by atoms with Crippen molar-refractivity contribution in [3.8, 4) is 11.1 Å². The highest BCUT2D eigenvalue weighted by molar-refractivity contribution is 5.71. The summed E-state index contributed by atoms with van der Waals surface area (Å²) in [4.78, 5) is 0. The topological polar surface area (TPSA) is 0 Å². The van der Waals surface area contributed by atoms with Crippen LogP contribution < -0.4 is 0 Å². The van der Waals surface area contributed by atoms with Gasteiger partial charge in [-0.1, -0.05) is 85.0 Å². The molecule has 0 saturated carbocycles. The van der Waals surface area contributed by atoms with Gasteiger partial charge in [0.05, 0.1) is 0 Å². The average molecular weight is 328 g/mol. The van der Waals surface area contributed by atoms with Crippen LogP contribution in [0.25, 0.3) is 22.8 Å². The van der Waals surface area contributed by atoms with Gasteiger partial charge in [-0.3, -0.25) is 0 Å². The Bertz CT molecular complexity index is 842. The number of allylic oxidation sites excluding steroid dienone is 4. The molecule has 2 aromatic carbocycles. The van der Waals surface area contributed by atoms with Gasteiger partial charge in [0.15, 0.2) is 0 Å². The second-order valence-electron chi connectivity index (χ2n) is 7.01. The van der Waals surface area contributed by atoms with Crippen molar-refractivity contribution in [2.75, 3.05) is 0 Å². The molecular weight excluding hydrogens is 300 g/mol. The van der Waals surface area contributed by atoms with E-state index in [0.717, 1.165) is 23.1 Å². The van der Waals surface area contributed by atoms with Crippen LogP contribution in [-0.4, -0.2) is 0 Å². The van der Waals surface area contributed by atoms with Crippen molar-refractivity contribution in [2.45, 2.75) is 34.1 Å². The molecule has 0 aliphatic carbocycles. The van der Waals surface area contributed by atoms with Crippen LogP contribution in [0.5, 0.6) is 0 Å². The smallest absolute Gasteiger partial charge is 0.00699 e. The largest absolute Gasteiger partial charge is 0.0998 e.